The number of oxazole rings is 2. The molecule has 4 unspecified atom stereocenters. The van der Waals surface area contributed by atoms with Gasteiger partial charge in [0.05, 0.1) is 26.0 Å². The molecule has 12 heteroatoms. The predicted octanol–water partition coefficient (Wildman–Crippen LogP) is 8.30. The van der Waals surface area contributed by atoms with Crippen LogP contribution in [0.5, 0.6) is 11.5 Å². The first-order valence-electron chi connectivity index (χ1n) is 18.9. The number of hydrogen-bond donors (Lipinski definition) is 1. The van der Waals surface area contributed by atoms with Gasteiger partial charge in [0.15, 0.2) is 11.5 Å². The fraction of sp³-hybridized carbons (Fsp3) is 0.488. The Hall–Kier alpha value is -5.13. The summed E-state index contributed by atoms with van der Waals surface area (Å²) in [6.45, 7) is 11.8. The van der Waals surface area contributed by atoms with Crippen LogP contribution >= 0.6 is 0 Å². The van der Waals surface area contributed by atoms with E-state index in [1.165, 1.54) is 7.11 Å². The minimum atomic E-state index is -0.701. The zero-order valence-corrected chi connectivity index (χ0v) is 31.6. The van der Waals surface area contributed by atoms with Gasteiger partial charge in [0.25, 0.3) is 0 Å². The van der Waals surface area contributed by atoms with Crippen molar-refractivity contribution in [1.29, 1.82) is 0 Å². The third kappa shape index (κ3) is 8.42. The molecule has 0 radical (unpaired) electrons. The van der Waals surface area contributed by atoms with Crippen molar-refractivity contribution in [2.75, 3.05) is 20.2 Å². The van der Waals surface area contributed by atoms with Crippen molar-refractivity contribution in [3.63, 3.8) is 0 Å². The summed E-state index contributed by atoms with van der Waals surface area (Å²) < 4.78 is 23.6. The van der Waals surface area contributed by atoms with Crippen molar-refractivity contribution in [3.8, 4) is 34.1 Å². The first-order chi connectivity index (χ1) is 25.6. The van der Waals surface area contributed by atoms with Crippen LogP contribution in [-0.4, -0.2) is 63.9 Å². The van der Waals surface area contributed by atoms with Crippen LogP contribution in [0.1, 0.15) is 102 Å². The van der Waals surface area contributed by atoms with E-state index in [0.717, 1.165) is 65.9 Å². The molecule has 282 valence electrons. The van der Waals surface area contributed by atoms with Crippen molar-refractivity contribution in [2.24, 2.45) is 11.8 Å². The first kappa shape index (κ1) is 37.6. The molecule has 4 atom stereocenters. The molecule has 2 aromatic carbocycles. The van der Waals surface area contributed by atoms with E-state index in [2.05, 4.69) is 42.1 Å². The van der Waals surface area contributed by atoms with E-state index >= 15 is 0 Å². The average Bonchev–Trinajstić information content (AvgIpc) is 3.96. The molecule has 4 heterocycles. The molecule has 53 heavy (non-hydrogen) atoms. The SMILES string of the molecule is CCCN(Cc1ncc(-c2ccc3c(c2)Oc2ccc(-c4cnc(C5CCCN5C(=O)C(NC(=O)OC)C(C)CC)o4)cc2C3)o1)C(=O)CC(C)CC. The van der Waals surface area contributed by atoms with Gasteiger partial charge in [0, 0.05) is 42.6 Å². The molecule has 1 N–H and O–H groups in total. The lowest BCUT2D eigenvalue weighted by Crippen LogP contribution is -2.51. The Morgan fingerprint density at radius 2 is 1.72 bits per heavy atom. The molecule has 0 aliphatic carbocycles. The number of alkyl carbamates (subject to hydrolysis) is 1. The van der Waals surface area contributed by atoms with E-state index in [0.29, 0.717) is 61.7 Å². The van der Waals surface area contributed by atoms with Gasteiger partial charge in [-0.05, 0) is 60.9 Å². The van der Waals surface area contributed by atoms with E-state index < -0.39 is 12.1 Å². The van der Waals surface area contributed by atoms with Crippen LogP contribution in [0.4, 0.5) is 4.79 Å². The number of methoxy groups -OCH3 is 1. The number of benzene rings is 2. The summed E-state index contributed by atoms with van der Waals surface area (Å²) in [4.78, 5) is 51.4. The maximum Gasteiger partial charge on any atom is 0.407 e. The van der Waals surface area contributed by atoms with Gasteiger partial charge in [-0.1, -0.05) is 59.6 Å². The Morgan fingerprint density at radius 1 is 0.962 bits per heavy atom. The minimum absolute atomic E-state index is 0.0728. The maximum atomic E-state index is 13.7. The summed E-state index contributed by atoms with van der Waals surface area (Å²) in [6.07, 6.45) is 8.06. The third-order valence-corrected chi connectivity index (χ3v) is 10.5. The van der Waals surface area contributed by atoms with Crippen molar-refractivity contribution in [2.45, 2.75) is 98.2 Å². The number of ether oxygens (including phenoxy) is 2. The lowest BCUT2D eigenvalue weighted by molar-refractivity contribution is -0.136. The van der Waals surface area contributed by atoms with Crippen LogP contribution < -0.4 is 10.1 Å². The Kier molecular flexibility index (Phi) is 11.8. The summed E-state index contributed by atoms with van der Waals surface area (Å²) >= 11 is 0. The first-order valence-corrected chi connectivity index (χ1v) is 18.9. The second kappa shape index (κ2) is 16.7. The molecule has 6 rings (SSSR count). The minimum Gasteiger partial charge on any atom is -0.457 e. The Labute approximate surface area is 311 Å². The van der Waals surface area contributed by atoms with Gasteiger partial charge in [0.1, 0.15) is 23.6 Å². The molecular weight excluding hydrogens is 674 g/mol. The Balaban J connectivity index is 1.13. The topological polar surface area (TPSA) is 140 Å². The van der Waals surface area contributed by atoms with Gasteiger partial charge in [-0.25, -0.2) is 14.8 Å². The highest BCUT2D eigenvalue weighted by Crippen LogP contribution is 2.41. The molecule has 4 aromatic rings. The van der Waals surface area contributed by atoms with Crippen LogP contribution in [0.2, 0.25) is 0 Å². The molecule has 2 aliphatic heterocycles. The Morgan fingerprint density at radius 3 is 2.47 bits per heavy atom. The van der Waals surface area contributed by atoms with Crippen molar-refractivity contribution in [3.05, 3.63) is 71.7 Å². The number of fused-ring (bicyclic) bond motifs is 2. The largest absolute Gasteiger partial charge is 0.457 e. The molecule has 0 spiro atoms. The predicted molar refractivity (Wildman–Crippen MR) is 199 cm³/mol. The summed E-state index contributed by atoms with van der Waals surface area (Å²) in [5, 5.41) is 2.73. The van der Waals surface area contributed by atoms with Crippen LogP contribution in [0, 0.1) is 11.8 Å². The molecule has 2 aromatic heterocycles. The summed E-state index contributed by atoms with van der Waals surface area (Å²) in [7, 11) is 1.29. The van der Waals surface area contributed by atoms with Gasteiger partial charge in [-0.2, -0.15) is 0 Å². The van der Waals surface area contributed by atoms with E-state index in [1.54, 1.807) is 17.3 Å². The highest BCUT2D eigenvalue weighted by Gasteiger charge is 2.39. The van der Waals surface area contributed by atoms with Gasteiger partial charge in [-0.15, -0.1) is 0 Å². The van der Waals surface area contributed by atoms with Crippen molar-refractivity contribution < 1.29 is 32.7 Å². The summed E-state index contributed by atoms with van der Waals surface area (Å²) in [5.41, 5.74) is 3.77. The molecule has 2 aliphatic rings. The van der Waals surface area contributed by atoms with Crippen molar-refractivity contribution >= 4 is 17.9 Å². The monoisotopic (exact) mass is 725 g/mol. The summed E-state index contributed by atoms with van der Waals surface area (Å²) in [6, 6.07) is 10.9. The van der Waals surface area contributed by atoms with E-state index in [9.17, 15) is 14.4 Å². The number of rotatable bonds is 14. The third-order valence-electron chi connectivity index (χ3n) is 10.5. The lowest BCUT2D eigenvalue weighted by Gasteiger charge is -2.30. The highest BCUT2D eigenvalue weighted by molar-refractivity contribution is 5.86. The smallest absolute Gasteiger partial charge is 0.407 e. The molecule has 1 fully saturated rings. The fourth-order valence-corrected chi connectivity index (χ4v) is 6.97. The molecular formula is C41H51N5O7. The highest BCUT2D eigenvalue weighted by atomic mass is 16.5. The number of carbonyl (C=O) groups is 3. The summed E-state index contributed by atoms with van der Waals surface area (Å²) in [5.74, 6) is 3.96. The number of amides is 3. The van der Waals surface area contributed by atoms with Gasteiger partial charge in [0.2, 0.25) is 23.6 Å². The standard InChI is InChI=1S/C41H51N5O7/c1-7-16-45(37(47)18-25(4)8-2)24-36-42-22-34(52-36)29-13-12-27-19-30-20-28(14-15-32(30)51-33(27)21-29)35-23-43-39(53-35)31-11-10-17-46(31)40(48)38(26(5)9-3)44-41(49)50-6/h12-15,20-23,25-26,31,38H,7-11,16-19,24H2,1-6H3,(H,44,49). The number of nitrogens with zero attached hydrogens (tertiary/aromatic N) is 4. The Bertz CT molecular complexity index is 1920. The van der Waals surface area contributed by atoms with Gasteiger partial charge >= 0.3 is 6.09 Å². The normalized spacial score (nSPS) is 16.6. The van der Waals surface area contributed by atoms with Gasteiger partial charge in [-0.3, -0.25) is 9.59 Å². The second-order valence-electron chi connectivity index (χ2n) is 14.3. The average molecular weight is 726 g/mol. The van der Waals surface area contributed by atoms with Crippen LogP contribution in [-0.2, 0) is 27.3 Å². The van der Waals surface area contributed by atoms with Crippen LogP contribution in [0.25, 0.3) is 22.6 Å². The lowest BCUT2D eigenvalue weighted by atomic mass is 9.96. The molecule has 12 nitrogen and oxygen atoms in total. The number of likely N-dealkylation sites (tertiary alicyclic amines) is 1. The zero-order valence-electron chi connectivity index (χ0n) is 31.6. The van der Waals surface area contributed by atoms with Gasteiger partial charge < -0.3 is 33.4 Å². The number of aromatic nitrogens is 2. The van der Waals surface area contributed by atoms with Crippen LogP contribution in [0.15, 0.2) is 57.6 Å². The van der Waals surface area contributed by atoms with E-state index in [4.69, 9.17) is 18.3 Å². The van der Waals surface area contributed by atoms with E-state index in [-0.39, 0.29) is 23.8 Å². The number of hydrogen-bond acceptors (Lipinski definition) is 9. The quantitative estimate of drug-likeness (QED) is 0.120. The van der Waals surface area contributed by atoms with Crippen molar-refractivity contribution in [1.82, 2.24) is 25.1 Å². The molecule has 0 bridgehead atoms. The second-order valence-corrected chi connectivity index (χ2v) is 14.3. The zero-order chi connectivity index (χ0) is 37.6. The maximum absolute atomic E-state index is 13.7. The fourth-order valence-electron chi connectivity index (χ4n) is 6.97. The van der Waals surface area contributed by atoms with Crippen LogP contribution in [0.3, 0.4) is 0 Å². The number of carbonyl (C=O) groups excluding carboxylic acids is 3. The van der Waals surface area contributed by atoms with E-state index in [1.807, 2.05) is 49.1 Å². The molecule has 1 saturated heterocycles. The molecule has 3 amide bonds. The molecule has 0 saturated carbocycles. The number of nitrogens with one attached hydrogen (secondary N) is 1.